The molecule has 4 aliphatic heterocycles. The molecule has 0 aromatic rings. The molecule has 0 radical (unpaired) electrons. The number of hydrogen-bond acceptors (Lipinski definition) is 8. The molecule has 4 saturated carbocycles. The Morgan fingerprint density at radius 2 is 0.688 bits per heavy atom. The lowest BCUT2D eigenvalue weighted by molar-refractivity contribution is 0.107. The summed E-state index contributed by atoms with van der Waals surface area (Å²) in [5.41, 5.74) is 0. The molecule has 8 nitrogen and oxygen atoms in total. The first-order valence-electron chi connectivity index (χ1n) is 20.4. The van der Waals surface area contributed by atoms with E-state index in [0.29, 0.717) is 54.4 Å². The minimum absolute atomic E-state index is 0.113. The molecule has 48 heavy (non-hydrogen) atoms. The Bertz CT molecular complexity index is 1080. The quantitative estimate of drug-likeness (QED) is 0.158. The van der Waals surface area contributed by atoms with E-state index >= 15 is 0 Å². The standard InChI is InChI=1S/C36H66O8Si4/c1-45(19-15-26-5-10-30(37)11-6-26)41-46(2,20-16-27-7-12-31-34(23-27)38-31)43-48(4,22-18-29-9-14-33-36(25-29)40-33)44-47(3,42-45)21-17-28-8-13-32-35(24-28)39-32/h26-37H,5-25H2,1-4H3. The van der Waals surface area contributed by atoms with Crippen LogP contribution in [0.3, 0.4) is 0 Å². The summed E-state index contributed by atoms with van der Waals surface area (Å²) in [5, 5.41) is 10.2. The summed E-state index contributed by atoms with van der Waals surface area (Å²) in [4.78, 5) is 0. The van der Waals surface area contributed by atoms with Gasteiger partial charge in [0.15, 0.2) is 0 Å². The molecule has 12 heteroatoms. The largest absolute Gasteiger partial charge is 0.416 e. The zero-order valence-electron chi connectivity index (χ0n) is 30.5. The van der Waals surface area contributed by atoms with Crippen LogP contribution in [0.25, 0.3) is 0 Å². The molecule has 0 spiro atoms. The van der Waals surface area contributed by atoms with Crippen LogP contribution in [-0.4, -0.2) is 82.1 Å². The van der Waals surface area contributed by atoms with E-state index in [2.05, 4.69) is 26.2 Å². The van der Waals surface area contributed by atoms with E-state index in [1.54, 1.807) is 0 Å². The fourth-order valence-corrected chi connectivity index (χ4v) is 34.6. The Morgan fingerprint density at radius 3 is 1.00 bits per heavy atom. The van der Waals surface area contributed by atoms with Crippen LogP contribution in [0.1, 0.15) is 109 Å². The van der Waals surface area contributed by atoms with Crippen molar-refractivity contribution in [2.45, 2.75) is 202 Å². The lowest BCUT2D eigenvalue weighted by Gasteiger charge is -2.51. The molecule has 274 valence electrons. The zero-order valence-corrected chi connectivity index (χ0v) is 34.5. The third kappa shape index (κ3) is 9.01. The predicted molar refractivity (Wildman–Crippen MR) is 194 cm³/mol. The summed E-state index contributed by atoms with van der Waals surface area (Å²) in [6, 6.07) is 4.12. The first-order valence-corrected chi connectivity index (χ1v) is 30.5. The third-order valence-corrected chi connectivity index (χ3v) is 32.5. The van der Waals surface area contributed by atoms with E-state index < -0.39 is 34.2 Å². The van der Waals surface area contributed by atoms with E-state index in [9.17, 15) is 5.11 Å². The predicted octanol–water partition coefficient (Wildman–Crippen LogP) is 8.17. The topological polar surface area (TPSA) is 94.7 Å². The van der Waals surface area contributed by atoms with Crippen molar-refractivity contribution in [2.75, 3.05) is 0 Å². The maximum atomic E-state index is 10.2. The van der Waals surface area contributed by atoms with Crippen LogP contribution in [0.4, 0.5) is 0 Å². The lowest BCUT2D eigenvalue weighted by atomic mass is 9.86. The lowest BCUT2D eigenvalue weighted by Crippen LogP contribution is -2.67. The normalized spacial score (nSPS) is 53.1. The first kappa shape index (κ1) is 35.6. The Hall–Kier alpha value is 0.548. The third-order valence-electron chi connectivity index (χ3n) is 13.9. The summed E-state index contributed by atoms with van der Waals surface area (Å²) in [7, 11) is -10.5. The Morgan fingerprint density at radius 1 is 0.396 bits per heavy atom. The zero-order chi connectivity index (χ0) is 33.1. The highest BCUT2D eigenvalue weighted by Gasteiger charge is 2.58. The smallest absolute Gasteiger partial charge is 0.317 e. The summed E-state index contributed by atoms with van der Waals surface area (Å²) < 4.78 is 48.3. The molecule has 8 rings (SSSR count). The van der Waals surface area contributed by atoms with E-state index in [4.69, 9.17) is 30.7 Å². The van der Waals surface area contributed by atoms with Gasteiger partial charge >= 0.3 is 34.2 Å². The number of epoxide rings is 3. The highest BCUT2D eigenvalue weighted by Crippen LogP contribution is 2.47. The second-order valence-electron chi connectivity index (χ2n) is 18.4. The summed E-state index contributed by atoms with van der Waals surface area (Å²) in [6.45, 7) is 9.53. The highest BCUT2D eigenvalue weighted by atomic mass is 28.5. The van der Waals surface area contributed by atoms with Gasteiger partial charge in [-0.05, 0) is 183 Å². The van der Waals surface area contributed by atoms with Gasteiger partial charge in [0, 0.05) is 0 Å². The van der Waals surface area contributed by atoms with Crippen molar-refractivity contribution in [1.82, 2.24) is 0 Å². The van der Waals surface area contributed by atoms with Crippen LogP contribution in [0.2, 0.25) is 50.4 Å². The Labute approximate surface area is 295 Å². The van der Waals surface area contributed by atoms with Gasteiger partial charge in [-0.25, -0.2) is 0 Å². The fourth-order valence-electron chi connectivity index (χ4n) is 10.9. The second-order valence-corrected chi connectivity index (χ2v) is 32.8. The van der Waals surface area contributed by atoms with Crippen molar-refractivity contribution in [3.05, 3.63) is 0 Å². The SMILES string of the molecule is C[Si]1(CCC2CCC(O)CC2)O[Si](C)(CCC2CCC3OC3C2)O[Si](C)(CCC2CCC3OC3C2)O[Si](C)(CCC2CCC3OC3C2)O1. The molecule has 11 unspecified atom stereocenters. The highest BCUT2D eigenvalue weighted by molar-refractivity contribution is 6.93. The Kier molecular flexibility index (Phi) is 10.4. The molecule has 8 aliphatic rings. The maximum Gasteiger partial charge on any atom is 0.317 e. The molecule has 0 amide bonds. The molecule has 4 aliphatic carbocycles. The average molecular weight is 739 g/mol. The minimum atomic E-state index is -2.63. The van der Waals surface area contributed by atoms with Gasteiger partial charge in [0.25, 0.3) is 0 Å². The van der Waals surface area contributed by atoms with E-state index in [0.717, 1.165) is 62.2 Å². The molecule has 0 bridgehead atoms. The van der Waals surface area contributed by atoms with Crippen LogP contribution in [0.5, 0.6) is 0 Å². The van der Waals surface area contributed by atoms with Crippen LogP contribution < -0.4 is 0 Å². The monoisotopic (exact) mass is 738 g/mol. The fraction of sp³-hybridized carbons (Fsp3) is 1.00. The molecular formula is C36H66O8Si4. The maximum absolute atomic E-state index is 10.2. The number of ether oxygens (including phenoxy) is 3. The van der Waals surface area contributed by atoms with Crippen LogP contribution in [-0.2, 0) is 30.7 Å². The second kappa shape index (κ2) is 14.1. The molecule has 11 atom stereocenters. The number of aliphatic hydroxyl groups is 1. The van der Waals surface area contributed by atoms with Gasteiger partial charge in [-0.3, -0.25) is 0 Å². The minimum Gasteiger partial charge on any atom is -0.416 e. The van der Waals surface area contributed by atoms with Crippen molar-refractivity contribution in [2.24, 2.45) is 23.7 Å². The van der Waals surface area contributed by atoms with Gasteiger partial charge in [-0.15, -0.1) is 0 Å². The van der Waals surface area contributed by atoms with Crippen LogP contribution in [0, 0.1) is 23.7 Å². The number of aliphatic hydroxyl groups excluding tert-OH is 1. The van der Waals surface area contributed by atoms with Crippen molar-refractivity contribution in [1.29, 1.82) is 0 Å². The van der Waals surface area contributed by atoms with Gasteiger partial charge in [0.1, 0.15) is 0 Å². The molecule has 4 heterocycles. The molecular weight excluding hydrogens is 673 g/mol. The van der Waals surface area contributed by atoms with Gasteiger partial charge in [0.05, 0.1) is 42.7 Å². The Balaban J connectivity index is 1.01. The number of hydrogen-bond donors (Lipinski definition) is 1. The summed E-state index contributed by atoms with van der Waals surface area (Å²) >= 11 is 0. The molecule has 0 aromatic carbocycles. The number of fused-ring (bicyclic) bond motifs is 3. The summed E-state index contributed by atoms with van der Waals surface area (Å²) in [5.74, 6) is 2.80. The van der Waals surface area contributed by atoms with Gasteiger partial charge in [0.2, 0.25) is 0 Å². The van der Waals surface area contributed by atoms with Gasteiger partial charge < -0.3 is 35.8 Å². The summed E-state index contributed by atoms with van der Waals surface area (Å²) in [6.07, 6.45) is 23.0. The van der Waals surface area contributed by atoms with Gasteiger partial charge in [-0.1, -0.05) is 0 Å². The van der Waals surface area contributed by atoms with Crippen LogP contribution in [0.15, 0.2) is 0 Å². The first-order chi connectivity index (χ1) is 22.9. The molecule has 1 N–H and O–H groups in total. The van der Waals surface area contributed by atoms with E-state index in [-0.39, 0.29) is 6.10 Å². The molecule has 0 aromatic heterocycles. The van der Waals surface area contributed by atoms with Crippen molar-refractivity contribution < 1.29 is 35.8 Å². The van der Waals surface area contributed by atoms with E-state index in [1.807, 2.05) is 0 Å². The van der Waals surface area contributed by atoms with Crippen molar-refractivity contribution in [3.63, 3.8) is 0 Å². The van der Waals surface area contributed by atoms with Crippen molar-refractivity contribution >= 4 is 34.2 Å². The molecule has 4 saturated heterocycles. The van der Waals surface area contributed by atoms with Gasteiger partial charge in [-0.2, -0.15) is 0 Å². The van der Waals surface area contributed by atoms with Crippen LogP contribution >= 0.6 is 0 Å². The average Bonchev–Trinajstić information content (AvgIpc) is 3.93. The van der Waals surface area contributed by atoms with Crippen molar-refractivity contribution in [3.8, 4) is 0 Å². The van der Waals surface area contributed by atoms with E-state index in [1.165, 1.54) is 77.0 Å². The number of rotatable bonds is 12. The molecule has 8 fully saturated rings.